The Labute approximate surface area is 163 Å². The highest BCUT2D eigenvalue weighted by Gasteiger charge is 2.39. The summed E-state index contributed by atoms with van der Waals surface area (Å²) in [4.78, 5) is 30.0. The van der Waals surface area contributed by atoms with Crippen LogP contribution in [0, 0.1) is 5.82 Å². The number of hydrogen-bond donors (Lipinski definition) is 0. The summed E-state index contributed by atoms with van der Waals surface area (Å²) in [6, 6.07) is 5.76. The van der Waals surface area contributed by atoms with E-state index in [0.29, 0.717) is 22.6 Å². The lowest BCUT2D eigenvalue weighted by Crippen LogP contribution is -2.39. The number of carbonyl (C=O) groups excluding carboxylic acids is 2. The van der Waals surface area contributed by atoms with Crippen LogP contribution >= 0.6 is 11.8 Å². The molecule has 5 nitrogen and oxygen atoms in total. The number of nitrogens with zero attached hydrogens (tertiary/aromatic N) is 2. The van der Waals surface area contributed by atoms with Gasteiger partial charge >= 0.3 is 0 Å². The van der Waals surface area contributed by atoms with E-state index in [0.717, 1.165) is 39.3 Å². The van der Waals surface area contributed by atoms with Crippen molar-refractivity contribution in [2.24, 2.45) is 0 Å². The Kier molecular flexibility index (Phi) is 6.68. The minimum Gasteiger partial charge on any atom is -0.379 e. The van der Waals surface area contributed by atoms with Crippen molar-refractivity contribution in [2.45, 2.75) is 25.5 Å². The van der Waals surface area contributed by atoms with E-state index in [2.05, 4.69) is 4.90 Å². The van der Waals surface area contributed by atoms with Crippen molar-refractivity contribution in [1.29, 1.82) is 0 Å². The molecule has 0 saturated carbocycles. The Bertz CT molecular complexity index is 727. The fourth-order valence-corrected chi connectivity index (χ4v) is 4.26. The van der Waals surface area contributed by atoms with Gasteiger partial charge in [-0.1, -0.05) is 26.0 Å². The molecular formula is C20H25FN2O3S. The molecule has 27 heavy (non-hydrogen) atoms. The summed E-state index contributed by atoms with van der Waals surface area (Å²) in [7, 11) is 0. The Morgan fingerprint density at radius 3 is 2.37 bits per heavy atom. The van der Waals surface area contributed by atoms with Crippen molar-refractivity contribution in [3.05, 3.63) is 40.6 Å². The standard InChI is InChI=1S/C20H25FN2O3S/c1-14(2)27-18-17(15-4-6-16(21)7-5-15)19(24)23(20(18)25)9-3-8-22-10-12-26-13-11-22/h4-7,14H,3,8-13H2,1-2H3. The molecule has 0 atom stereocenters. The molecule has 7 heteroatoms. The van der Waals surface area contributed by atoms with Crippen LogP contribution in [-0.2, 0) is 14.3 Å². The van der Waals surface area contributed by atoms with Crippen LogP contribution < -0.4 is 0 Å². The van der Waals surface area contributed by atoms with Gasteiger partial charge in [0.05, 0.1) is 23.7 Å². The van der Waals surface area contributed by atoms with Crippen LogP contribution in [0.25, 0.3) is 5.57 Å². The quantitative estimate of drug-likeness (QED) is 0.668. The van der Waals surface area contributed by atoms with E-state index >= 15 is 0 Å². The summed E-state index contributed by atoms with van der Waals surface area (Å²) < 4.78 is 18.6. The Hall–Kier alpha value is -1.70. The second kappa shape index (κ2) is 8.99. The second-order valence-electron chi connectivity index (χ2n) is 6.95. The third-order valence-corrected chi connectivity index (χ3v) is 5.66. The van der Waals surface area contributed by atoms with Gasteiger partial charge in [0.2, 0.25) is 0 Å². The highest BCUT2D eigenvalue weighted by molar-refractivity contribution is 8.04. The van der Waals surface area contributed by atoms with E-state index in [1.807, 2.05) is 13.8 Å². The SMILES string of the molecule is CC(C)SC1=C(c2ccc(F)cc2)C(=O)N(CCCN2CCOCC2)C1=O. The van der Waals surface area contributed by atoms with E-state index in [1.165, 1.54) is 28.8 Å². The van der Waals surface area contributed by atoms with Crippen molar-refractivity contribution in [1.82, 2.24) is 9.80 Å². The zero-order chi connectivity index (χ0) is 19.4. The Balaban J connectivity index is 1.73. The van der Waals surface area contributed by atoms with Crippen LogP contribution in [0.1, 0.15) is 25.8 Å². The number of rotatable bonds is 7. The summed E-state index contributed by atoms with van der Waals surface area (Å²) >= 11 is 1.39. The maximum Gasteiger partial charge on any atom is 0.267 e. The van der Waals surface area contributed by atoms with Gasteiger partial charge in [0.15, 0.2) is 0 Å². The molecule has 0 aliphatic carbocycles. The number of morpholine rings is 1. The van der Waals surface area contributed by atoms with Crippen LogP contribution in [-0.4, -0.2) is 66.3 Å². The van der Waals surface area contributed by atoms with Crippen LogP contribution in [0.4, 0.5) is 4.39 Å². The number of benzene rings is 1. The van der Waals surface area contributed by atoms with Gasteiger partial charge in [-0.3, -0.25) is 19.4 Å². The van der Waals surface area contributed by atoms with Crippen LogP contribution in [0.2, 0.25) is 0 Å². The van der Waals surface area contributed by atoms with E-state index in [-0.39, 0.29) is 22.9 Å². The monoisotopic (exact) mass is 392 g/mol. The first-order valence-corrected chi connectivity index (χ1v) is 10.2. The average molecular weight is 392 g/mol. The fraction of sp³-hybridized carbons (Fsp3) is 0.500. The molecule has 2 heterocycles. The van der Waals surface area contributed by atoms with Gasteiger partial charge in [0.25, 0.3) is 11.8 Å². The maximum atomic E-state index is 13.3. The van der Waals surface area contributed by atoms with Gasteiger partial charge in [0.1, 0.15) is 5.82 Å². The molecule has 1 aromatic carbocycles. The maximum absolute atomic E-state index is 13.3. The number of carbonyl (C=O) groups is 2. The lowest BCUT2D eigenvalue weighted by atomic mass is 10.1. The lowest BCUT2D eigenvalue weighted by Gasteiger charge is -2.27. The first-order valence-electron chi connectivity index (χ1n) is 9.30. The normalized spacial score (nSPS) is 18.9. The zero-order valence-electron chi connectivity index (χ0n) is 15.7. The molecule has 0 bridgehead atoms. The van der Waals surface area contributed by atoms with Crippen molar-refractivity contribution < 1.29 is 18.7 Å². The molecule has 1 aromatic rings. The number of hydrogen-bond acceptors (Lipinski definition) is 5. The predicted molar refractivity (Wildman–Crippen MR) is 105 cm³/mol. The molecule has 0 radical (unpaired) electrons. The fourth-order valence-electron chi connectivity index (χ4n) is 3.25. The molecule has 0 unspecified atom stereocenters. The van der Waals surface area contributed by atoms with Gasteiger partial charge in [-0.15, -0.1) is 11.8 Å². The molecule has 2 aliphatic heterocycles. The van der Waals surface area contributed by atoms with Crippen molar-refractivity contribution in [2.75, 3.05) is 39.4 Å². The number of imide groups is 1. The zero-order valence-corrected chi connectivity index (χ0v) is 16.6. The lowest BCUT2D eigenvalue weighted by molar-refractivity contribution is -0.136. The van der Waals surface area contributed by atoms with Gasteiger partial charge in [-0.05, 0) is 24.1 Å². The summed E-state index contributed by atoms with van der Waals surface area (Å²) in [5, 5.41) is 0.167. The number of amides is 2. The van der Waals surface area contributed by atoms with Crippen molar-refractivity contribution in [3.8, 4) is 0 Å². The first-order chi connectivity index (χ1) is 13.0. The van der Waals surface area contributed by atoms with E-state index in [4.69, 9.17) is 4.74 Å². The van der Waals surface area contributed by atoms with Crippen LogP contribution in [0.5, 0.6) is 0 Å². The summed E-state index contributed by atoms with van der Waals surface area (Å²) in [6.45, 7) is 8.42. The van der Waals surface area contributed by atoms with Crippen LogP contribution in [0.15, 0.2) is 29.2 Å². The summed E-state index contributed by atoms with van der Waals surface area (Å²) in [6.07, 6.45) is 0.730. The van der Waals surface area contributed by atoms with Gasteiger partial charge in [0, 0.05) is 31.4 Å². The van der Waals surface area contributed by atoms with Crippen molar-refractivity contribution in [3.63, 3.8) is 0 Å². The predicted octanol–water partition coefficient (Wildman–Crippen LogP) is 2.77. The molecule has 1 saturated heterocycles. The Morgan fingerprint density at radius 2 is 1.74 bits per heavy atom. The van der Waals surface area contributed by atoms with Gasteiger partial charge in [-0.2, -0.15) is 0 Å². The molecule has 2 aliphatic rings. The smallest absolute Gasteiger partial charge is 0.267 e. The minimum atomic E-state index is -0.364. The summed E-state index contributed by atoms with van der Waals surface area (Å²) in [5.41, 5.74) is 0.985. The first kappa shape index (κ1) is 20.0. The highest BCUT2D eigenvalue weighted by atomic mass is 32.2. The highest BCUT2D eigenvalue weighted by Crippen LogP contribution is 2.37. The minimum absolute atomic E-state index is 0.167. The number of halogens is 1. The molecule has 0 aromatic heterocycles. The van der Waals surface area contributed by atoms with E-state index in [1.54, 1.807) is 12.1 Å². The average Bonchev–Trinajstić information content (AvgIpc) is 2.87. The topological polar surface area (TPSA) is 49.9 Å². The largest absolute Gasteiger partial charge is 0.379 e. The van der Waals surface area contributed by atoms with E-state index < -0.39 is 0 Å². The van der Waals surface area contributed by atoms with Gasteiger partial charge in [-0.25, -0.2) is 4.39 Å². The van der Waals surface area contributed by atoms with E-state index in [9.17, 15) is 14.0 Å². The van der Waals surface area contributed by atoms with Gasteiger partial charge < -0.3 is 4.74 Å². The third kappa shape index (κ3) is 4.78. The molecule has 2 amide bonds. The summed E-state index contributed by atoms with van der Waals surface area (Å²) in [5.74, 6) is -0.881. The second-order valence-corrected chi connectivity index (χ2v) is 8.53. The Morgan fingerprint density at radius 1 is 1.07 bits per heavy atom. The molecule has 0 spiro atoms. The molecule has 3 rings (SSSR count). The molecule has 146 valence electrons. The third-order valence-electron chi connectivity index (χ3n) is 4.57. The molecule has 0 N–H and O–H groups in total. The van der Waals surface area contributed by atoms with Crippen molar-refractivity contribution >= 4 is 29.1 Å². The number of ether oxygens (including phenoxy) is 1. The number of thioether (sulfide) groups is 1. The molecule has 1 fully saturated rings. The molecular weight excluding hydrogens is 367 g/mol. The van der Waals surface area contributed by atoms with Crippen LogP contribution in [0.3, 0.4) is 0 Å².